The molecule has 1 aromatic carbocycles. The zero-order valence-electron chi connectivity index (χ0n) is 13.0. The van der Waals surface area contributed by atoms with Gasteiger partial charge in [0.05, 0.1) is 0 Å². The number of nitrogens with one attached hydrogen (secondary N) is 2. The van der Waals surface area contributed by atoms with Gasteiger partial charge in [-0.2, -0.15) is 4.98 Å². The molecule has 22 heavy (non-hydrogen) atoms. The van der Waals surface area contributed by atoms with E-state index < -0.39 is 0 Å². The maximum atomic E-state index is 12.8. The molecule has 0 unspecified atom stereocenters. The number of aromatic nitrogens is 2. The van der Waals surface area contributed by atoms with Gasteiger partial charge in [0.25, 0.3) is 0 Å². The molecule has 2 rings (SSSR count). The molecule has 0 radical (unpaired) electrons. The highest BCUT2D eigenvalue weighted by Gasteiger charge is 1.99. The smallest absolute Gasteiger partial charge is 0.224 e. The topological polar surface area (TPSA) is 49.8 Å². The van der Waals surface area contributed by atoms with Crippen LogP contribution < -0.4 is 10.6 Å². The second-order valence-electron chi connectivity index (χ2n) is 5.20. The summed E-state index contributed by atoms with van der Waals surface area (Å²) in [6.07, 6.45) is 6.13. The summed E-state index contributed by atoms with van der Waals surface area (Å²) >= 11 is 0. The average Bonchev–Trinajstić information content (AvgIpc) is 2.54. The van der Waals surface area contributed by atoms with Crippen LogP contribution in [0.3, 0.4) is 0 Å². The minimum Gasteiger partial charge on any atom is -0.370 e. The lowest BCUT2D eigenvalue weighted by molar-refractivity contribution is 0.627. The maximum absolute atomic E-state index is 12.8. The highest BCUT2D eigenvalue weighted by molar-refractivity contribution is 5.39. The van der Waals surface area contributed by atoms with Crippen molar-refractivity contribution in [3.05, 3.63) is 47.9 Å². The van der Waals surface area contributed by atoms with Crippen molar-refractivity contribution >= 4 is 11.8 Å². The number of hydrogen-bond donors (Lipinski definition) is 2. The van der Waals surface area contributed by atoms with Gasteiger partial charge in [0, 0.05) is 19.3 Å². The second-order valence-corrected chi connectivity index (χ2v) is 5.20. The highest BCUT2D eigenvalue weighted by Crippen LogP contribution is 2.07. The van der Waals surface area contributed by atoms with Crippen molar-refractivity contribution in [3.63, 3.8) is 0 Å². The quantitative estimate of drug-likeness (QED) is 0.690. The van der Waals surface area contributed by atoms with Gasteiger partial charge < -0.3 is 10.6 Å². The van der Waals surface area contributed by atoms with E-state index in [1.165, 1.54) is 25.0 Å². The van der Waals surface area contributed by atoms with Crippen LogP contribution in [0.2, 0.25) is 0 Å². The van der Waals surface area contributed by atoms with E-state index in [2.05, 4.69) is 27.5 Å². The lowest BCUT2D eigenvalue weighted by Crippen LogP contribution is -2.10. The first-order valence-electron chi connectivity index (χ1n) is 7.83. The van der Waals surface area contributed by atoms with Crippen molar-refractivity contribution in [2.45, 2.75) is 32.6 Å². The normalized spacial score (nSPS) is 10.5. The third kappa shape index (κ3) is 5.68. The standard InChI is InChI=1S/C17H23FN4/c1-2-3-4-11-19-16-10-13-21-17(22-16)20-12-9-14-5-7-15(18)8-6-14/h5-8,10,13H,2-4,9,11-12H2,1H3,(H2,19,20,21,22). The van der Waals surface area contributed by atoms with E-state index in [-0.39, 0.29) is 5.82 Å². The van der Waals surface area contributed by atoms with E-state index in [9.17, 15) is 4.39 Å². The summed E-state index contributed by atoms with van der Waals surface area (Å²) in [5.41, 5.74) is 1.09. The number of anilines is 2. The van der Waals surface area contributed by atoms with E-state index in [1.807, 2.05) is 6.07 Å². The Labute approximate surface area is 131 Å². The van der Waals surface area contributed by atoms with E-state index >= 15 is 0 Å². The number of halogens is 1. The molecule has 0 spiro atoms. The van der Waals surface area contributed by atoms with E-state index in [0.717, 1.165) is 30.8 Å². The van der Waals surface area contributed by atoms with E-state index in [1.54, 1.807) is 18.3 Å². The molecule has 0 aliphatic carbocycles. The predicted octanol–water partition coefficient (Wildman–Crippen LogP) is 3.87. The number of benzene rings is 1. The second kappa shape index (κ2) is 8.97. The highest BCUT2D eigenvalue weighted by atomic mass is 19.1. The monoisotopic (exact) mass is 302 g/mol. The van der Waals surface area contributed by atoms with Crippen LogP contribution >= 0.6 is 0 Å². The predicted molar refractivity (Wildman–Crippen MR) is 88.6 cm³/mol. The number of unbranched alkanes of at least 4 members (excludes halogenated alkanes) is 2. The van der Waals surface area contributed by atoms with Crippen LogP contribution in [0, 0.1) is 5.82 Å². The summed E-state index contributed by atoms with van der Waals surface area (Å²) in [7, 11) is 0. The van der Waals surface area contributed by atoms with Crippen molar-refractivity contribution in [2.24, 2.45) is 0 Å². The van der Waals surface area contributed by atoms with Crippen molar-refractivity contribution in [1.29, 1.82) is 0 Å². The maximum Gasteiger partial charge on any atom is 0.224 e. The van der Waals surface area contributed by atoms with Gasteiger partial charge in [0.1, 0.15) is 11.6 Å². The Balaban J connectivity index is 1.76. The molecule has 0 saturated carbocycles. The molecule has 0 aliphatic heterocycles. The average molecular weight is 302 g/mol. The largest absolute Gasteiger partial charge is 0.370 e. The summed E-state index contributed by atoms with van der Waals surface area (Å²) in [5.74, 6) is 1.25. The molecule has 118 valence electrons. The summed E-state index contributed by atoms with van der Waals surface area (Å²) in [4.78, 5) is 8.63. The first kappa shape index (κ1) is 16.2. The molecule has 1 heterocycles. The molecular formula is C17H23FN4. The molecule has 2 N–H and O–H groups in total. The Hall–Kier alpha value is -2.17. The van der Waals surface area contributed by atoms with Gasteiger partial charge in [0.2, 0.25) is 5.95 Å². The van der Waals surface area contributed by atoms with Crippen LogP contribution in [0.15, 0.2) is 36.5 Å². The van der Waals surface area contributed by atoms with Crippen LogP contribution in [0.4, 0.5) is 16.2 Å². The molecule has 0 bridgehead atoms. The van der Waals surface area contributed by atoms with Gasteiger partial charge >= 0.3 is 0 Å². The summed E-state index contributed by atoms with van der Waals surface area (Å²) < 4.78 is 12.8. The Bertz CT molecular complexity index is 557. The lowest BCUT2D eigenvalue weighted by atomic mass is 10.1. The molecule has 0 atom stereocenters. The van der Waals surface area contributed by atoms with Gasteiger partial charge in [-0.25, -0.2) is 9.37 Å². The Morgan fingerprint density at radius 3 is 2.59 bits per heavy atom. The molecule has 0 aliphatic rings. The molecule has 1 aromatic heterocycles. The minimum atomic E-state index is -0.207. The molecular weight excluding hydrogens is 279 g/mol. The summed E-state index contributed by atoms with van der Waals surface area (Å²) in [6.45, 7) is 3.83. The molecule has 0 saturated heterocycles. The fourth-order valence-electron chi connectivity index (χ4n) is 2.10. The van der Waals surface area contributed by atoms with Crippen molar-refractivity contribution in [2.75, 3.05) is 23.7 Å². The van der Waals surface area contributed by atoms with Crippen LogP contribution in [-0.4, -0.2) is 23.1 Å². The molecule has 2 aromatic rings. The van der Waals surface area contributed by atoms with Gasteiger partial charge in [-0.05, 0) is 36.6 Å². The number of nitrogens with zero attached hydrogens (tertiary/aromatic N) is 2. The SMILES string of the molecule is CCCCCNc1ccnc(NCCc2ccc(F)cc2)n1. The van der Waals surface area contributed by atoms with E-state index in [0.29, 0.717) is 12.5 Å². The first-order valence-corrected chi connectivity index (χ1v) is 7.83. The Morgan fingerprint density at radius 1 is 1.00 bits per heavy atom. The van der Waals surface area contributed by atoms with Crippen molar-refractivity contribution in [1.82, 2.24) is 9.97 Å². The molecule has 4 nitrogen and oxygen atoms in total. The van der Waals surface area contributed by atoms with Gasteiger partial charge in [-0.3, -0.25) is 0 Å². The lowest BCUT2D eigenvalue weighted by Gasteiger charge is -2.08. The zero-order valence-corrected chi connectivity index (χ0v) is 13.0. The Morgan fingerprint density at radius 2 is 1.82 bits per heavy atom. The molecule has 0 fully saturated rings. The third-order valence-electron chi connectivity index (χ3n) is 3.35. The van der Waals surface area contributed by atoms with Gasteiger partial charge in [-0.1, -0.05) is 31.9 Å². The first-order chi connectivity index (χ1) is 10.8. The fourth-order valence-corrected chi connectivity index (χ4v) is 2.10. The summed E-state index contributed by atoms with van der Waals surface area (Å²) in [5, 5.41) is 6.50. The van der Waals surface area contributed by atoms with Crippen molar-refractivity contribution in [3.8, 4) is 0 Å². The zero-order chi connectivity index (χ0) is 15.6. The van der Waals surface area contributed by atoms with Crippen LogP contribution in [0.1, 0.15) is 31.7 Å². The summed E-state index contributed by atoms with van der Waals surface area (Å²) in [6, 6.07) is 8.42. The number of rotatable bonds is 9. The minimum absolute atomic E-state index is 0.207. The van der Waals surface area contributed by atoms with Crippen LogP contribution in [0.25, 0.3) is 0 Å². The van der Waals surface area contributed by atoms with Gasteiger partial charge in [-0.15, -0.1) is 0 Å². The van der Waals surface area contributed by atoms with Gasteiger partial charge in [0.15, 0.2) is 0 Å². The Kier molecular flexibility index (Phi) is 6.61. The third-order valence-corrected chi connectivity index (χ3v) is 3.35. The number of hydrogen-bond acceptors (Lipinski definition) is 4. The van der Waals surface area contributed by atoms with Crippen LogP contribution in [-0.2, 0) is 6.42 Å². The van der Waals surface area contributed by atoms with E-state index in [4.69, 9.17) is 0 Å². The fraction of sp³-hybridized carbons (Fsp3) is 0.412. The molecule has 5 heteroatoms. The van der Waals surface area contributed by atoms with Crippen molar-refractivity contribution < 1.29 is 4.39 Å². The van der Waals surface area contributed by atoms with Crippen LogP contribution in [0.5, 0.6) is 0 Å². The molecule has 0 amide bonds.